The average Bonchev–Trinajstić information content (AvgIpc) is 2.21. The molecule has 1 amide bonds. The molecule has 0 aliphatic heterocycles. The fraction of sp³-hybridized carbons (Fsp3) is 0.250. The van der Waals surface area contributed by atoms with Gasteiger partial charge in [0.05, 0.1) is 0 Å². The quantitative estimate of drug-likeness (QED) is 0.739. The second-order valence-electron chi connectivity index (χ2n) is 3.28. The number of rotatable bonds is 3. The number of carbonyl (C=O) groups is 1. The summed E-state index contributed by atoms with van der Waals surface area (Å²) in [5, 5.41) is 2.80. The van der Waals surface area contributed by atoms with Gasteiger partial charge in [0, 0.05) is 12.2 Å². The first-order chi connectivity index (χ1) is 7.19. The fourth-order valence-electron chi connectivity index (χ4n) is 1.37. The molecule has 0 aliphatic carbocycles. The predicted molar refractivity (Wildman–Crippen MR) is 62.5 cm³/mol. The van der Waals surface area contributed by atoms with Crippen LogP contribution in [0.1, 0.15) is 18.1 Å². The first kappa shape index (κ1) is 11.5. The summed E-state index contributed by atoms with van der Waals surface area (Å²) in [5.74, 6) is -0.116. The Kier molecular flexibility index (Phi) is 4.06. The summed E-state index contributed by atoms with van der Waals surface area (Å²) in [6.45, 7) is 4.25. The van der Waals surface area contributed by atoms with Gasteiger partial charge < -0.3 is 11.1 Å². The highest BCUT2D eigenvalue weighted by molar-refractivity contribution is 5.99. The largest absolute Gasteiger partial charge is 0.326 e. The molecule has 1 aromatic rings. The van der Waals surface area contributed by atoms with Crippen molar-refractivity contribution in [1.82, 2.24) is 0 Å². The second kappa shape index (κ2) is 5.32. The minimum atomic E-state index is -0.116. The molecule has 1 rings (SSSR count). The Morgan fingerprint density at radius 2 is 2.27 bits per heavy atom. The molecular weight excluding hydrogens is 188 g/mol. The fourth-order valence-corrected chi connectivity index (χ4v) is 1.37. The Hall–Kier alpha value is -1.61. The Morgan fingerprint density at radius 1 is 1.53 bits per heavy atom. The van der Waals surface area contributed by atoms with Crippen LogP contribution in [0.5, 0.6) is 0 Å². The van der Waals surface area contributed by atoms with Crippen LogP contribution in [0, 0.1) is 6.92 Å². The lowest BCUT2D eigenvalue weighted by Gasteiger charge is -2.09. The van der Waals surface area contributed by atoms with Gasteiger partial charge in [-0.2, -0.15) is 0 Å². The average molecular weight is 204 g/mol. The van der Waals surface area contributed by atoms with Gasteiger partial charge in [0.15, 0.2) is 0 Å². The topological polar surface area (TPSA) is 55.1 Å². The van der Waals surface area contributed by atoms with Crippen molar-refractivity contribution < 1.29 is 4.79 Å². The van der Waals surface area contributed by atoms with Gasteiger partial charge in [-0.15, -0.1) is 0 Å². The van der Waals surface area contributed by atoms with Crippen LogP contribution in [0.15, 0.2) is 30.4 Å². The molecule has 0 radical (unpaired) electrons. The van der Waals surface area contributed by atoms with E-state index in [9.17, 15) is 4.79 Å². The third-order valence-corrected chi connectivity index (χ3v) is 2.24. The van der Waals surface area contributed by atoms with Crippen molar-refractivity contribution in [2.45, 2.75) is 20.4 Å². The van der Waals surface area contributed by atoms with Gasteiger partial charge in [-0.25, -0.2) is 0 Å². The van der Waals surface area contributed by atoms with Crippen LogP contribution >= 0.6 is 0 Å². The molecule has 3 heteroatoms. The van der Waals surface area contributed by atoms with E-state index in [1.165, 1.54) is 6.08 Å². The Bertz CT molecular complexity index is 383. The molecule has 1 aromatic carbocycles. The van der Waals surface area contributed by atoms with Gasteiger partial charge in [-0.3, -0.25) is 4.79 Å². The zero-order valence-corrected chi connectivity index (χ0v) is 9.08. The smallest absolute Gasteiger partial charge is 0.248 e. The molecule has 0 heterocycles. The number of nitrogens with one attached hydrogen (secondary N) is 1. The molecule has 0 spiro atoms. The Balaban J connectivity index is 2.90. The van der Waals surface area contributed by atoms with Crippen LogP contribution in [0.3, 0.4) is 0 Å². The van der Waals surface area contributed by atoms with E-state index >= 15 is 0 Å². The van der Waals surface area contributed by atoms with E-state index in [1.807, 2.05) is 32.0 Å². The summed E-state index contributed by atoms with van der Waals surface area (Å²) in [5.41, 5.74) is 8.48. The summed E-state index contributed by atoms with van der Waals surface area (Å²) >= 11 is 0. The summed E-state index contributed by atoms with van der Waals surface area (Å²) in [4.78, 5) is 11.3. The number of carbonyl (C=O) groups excluding carboxylic acids is 1. The van der Waals surface area contributed by atoms with E-state index in [4.69, 9.17) is 5.73 Å². The third kappa shape index (κ3) is 2.92. The molecule has 0 saturated heterocycles. The molecule has 0 atom stereocenters. The number of hydrogen-bond donors (Lipinski definition) is 2. The lowest BCUT2D eigenvalue weighted by molar-refractivity contribution is -0.111. The van der Waals surface area contributed by atoms with Crippen molar-refractivity contribution in [2.75, 3.05) is 5.32 Å². The predicted octanol–water partition coefficient (Wildman–Crippen LogP) is 1.97. The van der Waals surface area contributed by atoms with E-state index in [0.29, 0.717) is 6.54 Å². The molecule has 15 heavy (non-hydrogen) atoms. The van der Waals surface area contributed by atoms with Gasteiger partial charge >= 0.3 is 0 Å². The maximum Gasteiger partial charge on any atom is 0.248 e. The minimum absolute atomic E-state index is 0.116. The van der Waals surface area contributed by atoms with Crippen molar-refractivity contribution >= 4 is 11.6 Å². The van der Waals surface area contributed by atoms with Crippen LogP contribution in [0.25, 0.3) is 0 Å². The third-order valence-electron chi connectivity index (χ3n) is 2.24. The normalized spacial score (nSPS) is 10.6. The first-order valence-electron chi connectivity index (χ1n) is 4.91. The molecule has 0 unspecified atom stereocenters. The molecule has 3 N–H and O–H groups in total. The number of benzene rings is 1. The zero-order chi connectivity index (χ0) is 11.3. The lowest BCUT2D eigenvalue weighted by Crippen LogP contribution is -2.10. The molecule has 0 bridgehead atoms. The Labute approximate surface area is 90.0 Å². The molecule has 3 nitrogen and oxygen atoms in total. The van der Waals surface area contributed by atoms with E-state index in [-0.39, 0.29) is 5.91 Å². The van der Waals surface area contributed by atoms with Crippen LogP contribution in [0.4, 0.5) is 5.69 Å². The highest BCUT2D eigenvalue weighted by atomic mass is 16.1. The summed E-state index contributed by atoms with van der Waals surface area (Å²) in [6.07, 6.45) is 3.20. The number of allylic oxidation sites excluding steroid dienone is 1. The van der Waals surface area contributed by atoms with E-state index in [1.54, 1.807) is 6.08 Å². The SMILES string of the molecule is C/C=C/C(=O)Nc1cccc(CN)c1C. The van der Waals surface area contributed by atoms with Gasteiger partial charge in [-0.05, 0) is 37.1 Å². The van der Waals surface area contributed by atoms with Gasteiger partial charge in [-0.1, -0.05) is 18.2 Å². The van der Waals surface area contributed by atoms with Crippen molar-refractivity contribution in [2.24, 2.45) is 5.73 Å². The lowest BCUT2D eigenvalue weighted by atomic mass is 10.1. The van der Waals surface area contributed by atoms with E-state index < -0.39 is 0 Å². The van der Waals surface area contributed by atoms with Gasteiger partial charge in [0.25, 0.3) is 0 Å². The van der Waals surface area contributed by atoms with Gasteiger partial charge in [0.1, 0.15) is 0 Å². The molecule has 0 fully saturated rings. The highest BCUT2D eigenvalue weighted by Crippen LogP contribution is 2.18. The molecule has 0 aromatic heterocycles. The monoisotopic (exact) mass is 204 g/mol. The standard InChI is InChI=1S/C12H16N2O/c1-3-5-12(15)14-11-7-4-6-10(8-13)9(11)2/h3-7H,8,13H2,1-2H3,(H,14,15)/b5-3+. The number of anilines is 1. The van der Waals surface area contributed by atoms with Crippen molar-refractivity contribution in [1.29, 1.82) is 0 Å². The van der Waals surface area contributed by atoms with Crippen LogP contribution in [-0.2, 0) is 11.3 Å². The van der Waals surface area contributed by atoms with Crippen LogP contribution < -0.4 is 11.1 Å². The molecule has 80 valence electrons. The Morgan fingerprint density at radius 3 is 2.87 bits per heavy atom. The maximum absolute atomic E-state index is 11.3. The highest BCUT2D eigenvalue weighted by Gasteiger charge is 2.03. The minimum Gasteiger partial charge on any atom is -0.326 e. The molecular formula is C12H16N2O. The summed E-state index contributed by atoms with van der Waals surface area (Å²) < 4.78 is 0. The maximum atomic E-state index is 11.3. The summed E-state index contributed by atoms with van der Waals surface area (Å²) in [7, 11) is 0. The number of nitrogens with two attached hydrogens (primary N) is 1. The second-order valence-corrected chi connectivity index (χ2v) is 3.28. The number of hydrogen-bond acceptors (Lipinski definition) is 2. The van der Waals surface area contributed by atoms with Crippen molar-refractivity contribution in [3.05, 3.63) is 41.5 Å². The molecule has 0 saturated carbocycles. The van der Waals surface area contributed by atoms with Crippen LogP contribution in [-0.4, -0.2) is 5.91 Å². The van der Waals surface area contributed by atoms with Crippen LogP contribution in [0.2, 0.25) is 0 Å². The van der Waals surface area contributed by atoms with Gasteiger partial charge in [0.2, 0.25) is 5.91 Å². The zero-order valence-electron chi connectivity index (χ0n) is 9.08. The summed E-state index contributed by atoms with van der Waals surface area (Å²) in [6, 6.07) is 5.72. The van der Waals surface area contributed by atoms with Crippen molar-refractivity contribution in [3.63, 3.8) is 0 Å². The number of amides is 1. The first-order valence-corrected chi connectivity index (χ1v) is 4.91. The van der Waals surface area contributed by atoms with E-state index in [0.717, 1.165) is 16.8 Å². The van der Waals surface area contributed by atoms with E-state index in [2.05, 4.69) is 5.32 Å². The molecule has 0 aliphatic rings. The van der Waals surface area contributed by atoms with Crippen molar-refractivity contribution in [3.8, 4) is 0 Å².